The van der Waals surface area contributed by atoms with Crippen LogP contribution in [0.2, 0.25) is 0 Å². The molecule has 0 bridgehead atoms. The second-order valence-electron chi connectivity index (χ2n) is 2.84. The summed E-state index contributed by atoms with van der Waals surface area (Å²) >= 11 is 0. The van der Waals surface area contributed by atoms with E-state index in [2.05, 4.69) is 11.9 Å². The Morgan fingerprint density at radius 3 is 2.29 bits per heavy atom. The lowest BCUT2D eigenvalue weighted by Crippen LogP contribution is -2.59. The highest BCUT2D eigenvalue weighted by Gasteiger charge is 2.42. The van der Waals surface area contributed by atoms with E-state index in [0.29, 0.717) is 0 Å². The first-order valence-corrected chi connectivity index (χ1v) is 3.08. The van der Waals surface area contributed by atoms with Crippen molar-refractivity contribution in [3.8, 4) is 0 Å². The number of hydrogen-bond acceptors (Lipinski definition) is 1. The van der Waals surface area contributed by atoms with Crippen molar-refractivity contribution < 1.29 is 0 Å². The molecule has 0 aromatic rings. The lowest BCUT2D eigenvalue weighted by atomic mass is 9.72. The molecular weight excluding hydrogens is 86.1 g/mol. The molecule has 2 rings (SSSR count). The molecule has 0 amide bonds. The van der Waals surface area contributed by atoms with Gasteiger partial charge >= 0.3 is 0 Å². The highest BCUT2D eigenvalue weighted by atomic mass is 15.2. The fraction of sp³-hybridized carbons (Fsp3) is 1.00. The van der Waals surface area contributed by atoms with Gasteiger partial charge in [-0.2, -0.15) is 0 Å². The van der Waals surface area contributed by atoms with Gasteiger partial charge in [0.2, 0.25) is 0 Å². The average Bonchev–Trinajstić information content (AvgIpc) is 1.59. The van der Waals surface area contributed by atoms with Gasteiger partial charge in [0.25, 0.3) is 0 Å². The number of piperidine rings is 1. The second kappa shape index (κ2) is 1.03. The van der Waals surface area contributed by atoms with Crippen molar-refractivity contribution in [1.82, 2.24) is 4.90 Å². The van der Waals surface area contributed by atoms with E-state index in [0.717, 1.165) is 12.0 Å². The van der Waals surface area contributed by atoms with Gasteiger partial charge in [-0.25, -0.2) is 0 Å². The molecule has 2 aliphatic rings. The van der Waals surface area contributed by atoms with Crippen molar-refractivity contribution >= 4 is 0 Å². The molecule has 2 atom stereocenters. The fourth-order valence-electron chi connectivity index (χ4n) is 1.71. The molecule has 7 heavy (non-hydrogen) atoms. The third-order valence-corrected chi connectivity index (χ3v) is 2.47. The lowest BCUT2D eigenvalue weighted by Gasteiger charge is -2.54. The van der Waals surface area contributed by atoms with Gasteiger partial charge in [-0.05, 0) is 25.8 Å². The highest BCUT2D eigenvalue weighted by molar-refractivity contribution is 4.97. The molecule has 2 fully saturated rings. The van der Waals surface area contributed by atoms with Crippen molar-refractivity contribution in [1.29, 1.82) is 0 Å². The Kier molecular flexibility index (Phi) is 0.571. The summed E-state index contributed by atoms with van der Waals surface area (Å²) in [6, 6.07) is 1.01. The molecule has 1 nitrogen and oxygen atoms in total. The SMILES string of the molecule is CN1CC2CCC21. The highest BCUT2D eigenvalue weighted by Crippen LogP contribution is 2.39. The zero-order valence-corrected chi connectivity index (χ0v) is 4.72. The summed E-state index contributed by atoms with van der Waals surface area (Å²) in [6.45, 7) is 1.38. The minimum Gasteiger partial charge on any atom is -0.303 e. The summed E-state index contributed by atoms with van der Waals surface area (Å²) in [4.78, 5) is 2.45. The normalized spacial score (nSPS) is 49.3. The van der Waals surface area contributed by atoms with Gasteiger partial charge in [0.1, 0.15) is 0 Å². The first-order valence-electron chi connectivity index (χ1n) is 3.08. The summed E-state index contributed by atoms with van der Waals surface area (Å²) in [5, 5.41) is 0. The van der Waals surface area contributed by atoms with Crippen molar-refractivity contribution in [3.05, 3.63) is 0 Å². The molecule has 0 aromatic carbocycles. The van der Waals surface area contributed by atoms with Crippen molar-refractivity contribution in [2.45, 2.75) is 18.9 Å². The van der Waals surface area contributed by atoms with E-state index in [1.807, 2.05) is 0 Å². The van der Waals surface area contributed by atoms with E-state index in [1.165, 1.54) is 19.4 Å². The van der Waals surface area contributed by atoms with E-state index in [4.69, 9.17) is 0 Å². The summed E-state index contributed by atoms with van der Waals surface area (Å²) in [7, 11) is 2.22. The summed E-state index contributed by atoms with van der Waals surface area (Å²) < 4.78 is 0. The van der Waals surface area contributed by atoms with Crippen LogP contribution in [0.5, 0.6) is 0 Å². The van der Waals surface area contributed by atoms with Gasteiger partial charge in [0, 0.05) is 12.6 Å². The van der Waals surface area contributed by atoms with Gasteiger partial charge in [-0.1, -0.05) is 0 Å². The molecule has 1 aliphatic heterocycles. The van der Waals surface area contributed by atoms with Crippen LogP contribution in [0.3, 0.4) is 0 Å². The van der Waals surface area contributed by atoms with Crippen LogP contribution >= 0.6 is 0 Å². The summed E-state index contributed by atoms with van der Waals surface area (Å²) in [5.74, 6) is 1.12. The van der Waals surface area contributed by atoms with Gasteiger partial charge in [-0.15, -0.1) is 0 Å². The Morgan fingerprint density at radius 1 is 1.43 bits per heavy atom. The van der Waals surface area contributed by atoms with Crippen LogP contribution in [-0.2, 0) is 0 Å². The van der Waals surface area contributed by atoms with Gasteiger partial charge < -0.3 is 4.90 Å². The number of nitrogens with zero attached hydrogens (tertiary/aromatic N) is 1. The third-order valence-electron chi connectivity index (χ3n) is 2.47. The quantitative estimate of drug-likeness (QED) is 0.430. The number of hydrogen-bond donors (Lipinski definition) is 0. The molecule has 1 heterocycles. The first kappa shape index (κ1) is 3.90. The zero-order valence-electron chi connectivity index (χ0n) is 4.72. The minimum absolute atomic E-state index is 1.01. The number of fused-ring (bicyclic) bond motifs is 1. The smallest absolute Gasteiger partial charge is 0.0133 e. The Hall–Kier alpha value is -0.0400. The van der Waals surface area contributed by atoms with E-state index < -0.39 is 0 Å². The molecule has 1 heteroatoms. The Labute approximate surface area is 44.3 Å². The van der Waals surface area contributed by atoms with Gasteiger partial charge in [-0.3, -0.25) is 0 Å². The summed E-state index contributed by atoms with van der Waals surface area (Å²) in [6.07, 6.45) is 2.98. The van der Waals surface area contributed by atoms with Crippen LogP contribution in [0, 0.1) is 5.92 Å². The lowest BCUT2D eigenvalue weighted by molar-refractivity contribution is -0.0381. The molecule has 0 N–H and O–H groups in total. The molecule has 0 radical (unpaired) electrons. The maximum atomic E-state index is 2.45. The predicted octanol–water partition coefficient (Wildman–Crippen LogP) is 0.710. The van der Waals surface area contributed by atoms with Crippen LogP contribution in [0.1, 0.15) is 12.8 Å². The van der Waals surface area contributed by atoms with Crippen molar-refractivity contribution in [2.75, 3.05) is 13.6 Å². The predicted molar refractivity (Wildman–Crippen MR) is 29.1 cm³/mol. The molecule has 40 valence electrons. The van der Waals surface area contributed by atoms with Crippen LogP contribution < -0.4 is 0 Å². The molecule has 1 saturated carbocycles. The maximum Gasteiger partial charge on any atom is 0.0133 e. The largest absolute Gasteiger partial charge is 0.303 e. The topological polar surface area (TPSA) is 3.24 Å². The first-order chi connectivity index (χ1) is 3.38. The Morgan fingerprint density at radius 2 is 2.29 bits per heavy atom. The van der Waals surface area contributed by atoms with Gasteiger partial charge in [0.15, 0.2) is 0 Å². The molecule has 0 aromatic heterocycles. The average molecular weight is 97.2 g/mol. The van der Waals surface area contributed by atoms with Crippen molar-refractivity contribution in [3.63, 3.8) is 0 Å². The van der Waals surface area contributed by atoms with E-state index in [1.54, 1.807) is 0 Å². The minimum atomic E-state index is 1.01. The van der Waals surface area contributed by atoms with E-state index in [-0.39, 0.29) is 0 Å². The Bertz CT molecular complexity index is 86.2. The zero-order chi connectivity index (χ0) is 4.85. The Balaban J connectivity index is 1.99. The van der Waals surface area contributed by atoms with E-state index in [9.17, 15) is 0 Å². The third kappa shape index (κ3) is 0.325. The molecule has 0 spiro atoms. The van der Waals surface area contributed by atoms with Gasteiger partial charge in [0.05, 0.1) is 0 Å². The van der Waals surface area contributed by atoms with E-state index >= 15 is 0 Å². The molecule has 1 aliphatic carbocycles. The number of rotatable bonds is 0. The second-order valence-corrected chi connectivity index (χ2v) is 2.84. The standard InChI is InChI=1S/C6H11N/c1-7-4-5-2-3-6(5)7/h5-6H,2-4H2,1H3. The maximum absolute atomic E-state index is 2.45. The number of likely N-dealkylation sites (tertiary alicyclic amines) is 1. The van der Waals surface area contributed by atoms with Crippen molar-refractivity contribution in [2.24, 2.45) is 5.92 Å². The van der Waals surface area contributed by atoms with Crippen LogP contribution in [0.25, 0.3) is 0 Å². The van der Waals surface area contributed by atoms with Crippen LogP contribution in [0.15, 0.2) is 0 Å². The monoisotopic (exact) mass is 97.1 g/mol. The summed E-state index contributed by atoms with van der Waals surface area (Å²) in [5.41, 5.74) is 0. The molecule has 1 saturated heterocycles. The fourth-order valence-corrected chi connectivity index (χ4v) is 1.71. The van der Waals surface area contributed by atoms with Crippen LogP contribution in [0.4, 0.5) is 0 Å². The molecule has 2 unspecified atom stereocenters. The van der Waals surface area contributed by atoms with Crippen LogP contribution in [-0.4, -0.2) is 24.5 Å². The molecular formula is C6H11N.